The first-order valence-electron chi connectivity index (χ1n) is 7.04. The molecule has 4 aromatic rings. The molecule has 0 bridgehead atoms. The number of nitriles is 1. The summed E-state index contributed by atoms with van der Waals surface area (Å²) in [5.74, 6) is 0.709. The Bertz CT molecular complexity index is 1060. The second-order valence-corrected chi connectivity index (χ2v) is 5.95. The maximum absolute atomic E-state index is 9.09. The molecular weight excluding hydrogens is 308 g/mol. The van der Waals surface area contributed by atoms with Crippen LogP contribution in [0.4, 0.5) is 0 Å². The van der Waals surface area contributed by atoms with E-state index < -0.39 is 0 Å². The molecule has 3 heterocycles. The molecule has 0 aliphatic rings. The Kier molecular flexibility index (Phi) is 3.28. The van der Waals surface area contributed by atoms with Crippen LogP contribution in [0.2, 0.25) is 0 Å². The quantitative estimate of drug-likeness (QED) is 0.570. The number of hydrogen-bond acceptors (Lipinski definition) is 5. The second-order valence-electron chi connectivity index (χ2n) is 5.11. The van der Waals surface area contributed by atoms with Crippen LogP contribution in [-0.2, 0) is 5.88 Å². The summed E-state index contributed by atoms with van der Waals surface area (Å²) >= 11 is 1.67. The van der Waals surface area contributed by atoms with Crippen LogP contribution >= 0.6 is 11.8 Å². The van der Waals surface area contributed by atoms with Crippen LogP contribution in [0, 0.1) is 11.3 Å². The van der Waals surface area contributed by atoms with Gasteiger partial charge < -0.3 is 4.42 Å². The van der Waals surface area contributed by atoms with Crippen molar-refractivity contribution in [1.29, 1.82) is 5.26 Å². The molecule has 0 fully saturated rings. The maximum atomic E-state index is 9.09. The Morgan fingerprint density at radius 1 is 1.30 bits per heavy atom. The van der Waals surface area contributed by atoms with Crippen molar-refractivity contribution in [1.82, 2.24) is 14.8 Å². The zero-order valence-electron chi connectivity index (χ0n) is 12.4. The van der Waals surface area contributed by atoms with Crippen molar-refractivity contribution in [3.05, 3.63) is 48.5 Å². The summed E-state index contributed by atoms with van der Waals surface area (Å²) in [5.41, 5.74) is 3.90. The van der Waals surface area contributed by atoms with E-state index in [1.807, 2.05) is 35.2 Å². The molecule has 0 N–H and O–H groups in total. The normalized spacial score (nSPS) is 11.1. The molecule has 0 radical (unpaired) electrons. The van der Waals surface area contributed by atoms with E-state index in [2.05, 4.69) is 11.1 Å². The molecule has 0 atom stereocenters. The molecule has 0 aliphatic carbocycles. The smallest absolute Gasteiger partial charge is 0.142 e. The number of pyridine rings is 1. The number of nitrogens with zero attached hydrogens (tertiary/aromatic N) is 4. The molecule has 0 unspecified atom stereocenters. The summed E-state index contributed by atoms with van der Waals surface area (Å²) in [6, 6.07) is 11.7. The van der Waals surface area contributed by atoms with Gasteiger partial charge in [0.2, 0.25) is 0 Å². The molecule has 5 nitrogen and oxygen atoms in total. The van der Waals surface area contributed by atoms with Gasteiger partial charge in [-0.2, -0.15) is 10.4 Å². The number of aromatic nitrogens is 3. The first-order chi connectivity index (χ1) is 11.3. The fraction of sp³-hybridized carbons (Fsp3) is 0.118. The molecule has 23 heavy (non-hydrogen) atoms. The number of rotatable bonds is 3. The highest BCUT2D eigenvalue weighted by molar-refractivity contribution is 7.97. The van der Waals surface area contributed by atoms with Crippen LogP contribution in [-0.4, -0.2) is 21.0 Å². The van der Waals surface area contributed by atoms with E-state index in [0.29, 0.717) is 11.6 Å². The van der Waals surface area contributed by atoms with Crippen molar-refractivity contribution in [2.45, 2.75) is 5.88 Å². The van der Waals surface area contributed by atoms with Crippen LogP contribution in [0.3, 0.4) is 0 Å². The molecule has 3 aromatic heterocycles. The van der Waals surface area contributed by atoms with E-state index in [4.69, 9.17) is 14.8 Å². The lowest BCUT2D eigenvalue weighted by Gasteiger charge is -1.99. The van der Waals surface area contributed by atoms with E-state index in [1.165, 1.54) is 0 Å². The molecule has 0 saturated carbocycles. The SMILES string of the molecule is CSCn1nc(-c2coc3ccccc23)c2cnc(C#N)cc21. The standard InChI is InChI=1S/C17H12N4OS/c1-23-10-21-15-6-11(7-18)19-8-13(15)17(20-21)14-9-22-16-5-3-2-4-12(14)16/h2-6,8-9H,10H2,1H3. The Hall–Kier alpha value is -2.78. The van der Waals surface area contributed by atoms with E-state index >= 15 is 0 Å². The number of para-hydroxylation sites is 1. The summed E-state index contributed by atoms with van der Waals surface area (Å²) in [7, 11) is 0. The molecule has 4 rings (SSSR count). The third-order valence-corrected chi connectivity index (χ3v) is 4.24. The second kappa shape index (κ2) is 5.45. The largest absolute Gasteiger partial charge is 0.464 e. The van der Waals surface area contributed by atoms with Crippen molar-refractivity contribution >= 4 is 33.6 Å². The van der Waals surface area contributed by atoms with Crippen molar-refractivity contribution in [2.75, 3.05) is 6.26 Å². The molecule has 6 heteroatoms. The molecule has 1 aromatic carbocycles. The highest BCUT2D eigenvalue weighted by atomic mass is 32.2. The molecule has 112 valence electrons. The molecule has 0 amide bonds. The van der Waals surface area contributed by atoms with Gasteiger partial charge in [0.15, 0.2) is 0 Å². The summed E-state index contributed by atoms with van der Waals surface area (Å²) in [4.78, 5) is 4.20. The van der Waals surface area contributed by atoms with Crippen molar-refractivity contribution in [3.63, 3.8) is 0 Å². The minimum atomic E-state index is 0.392. The maximum Gasteiger partial charge on any atom is 0.142 e. The highest BCUT2D eigenvalue weighted by Crippen LogP contribution is 2.34. The lowest BCUT2D eigenvalue weighted by atomic mass is 10.1. The van der Waals surface area contributed by atoms with Gasteiger partial charge in [0.05, 0.1) is 11.4 Å². The van der Waals surface area contributed by atoms with Gasteiger partial charge in [0, 0.05) is 28.6 Å². The number of fused-ring (bicyclic) bond motifs is 2. The summed E-state index contributed by atoms with van der Waals surface area (Å²) < 4.78 is 7.54. The Labute approximate surface area is 136 Å². The van der Waals surface area contributed by atoms with Crippen LogP contribution in [0.25, 0.3) is 33.1 Å². The molecule has 0 aliphatic heterocycles. The van der Waals surface area contributed by atoms with E-state index in [9.17, 15) is 0 Å². The monoisotopic (exact) mass is 320 g/mol. The lowest BCUT2D eigenvalue weighted by molar-refractivity contribution is 0.616. The van der Waals surface area contributed by atoms with Gasteiger partial charge in [-0.15, -0.1) is 11.8 Å². The zero-order valence-corrected chi connectivity index (χ0v) is 13.2. The predicted molar refractivity (Wildman–Crippen MR) is 91.0 cm³/mol. The zero-order chi connectivity index (χ0) is 15.8. The van der Waals surface area contributed by atoms with Gasteiger partial charge in [-0.25, -0.2) is 4.98 Å². The van der Waals surface area contributed by atoms with Gasteiger partial charge in [-0.1, -0.05) is 18.2 Å². The fourth-order valence-electron chi connectivity index (χ4n) is 2.71. The average Bonchev–Trinajstić information content (AvgIpc) is 3.16. The highest BCUT2D eigenvalue weighted by Gasteiger charge is 2.17. The summed E-state index contributed by atoms with van der Waals surface area (Å²) in [6.07, 6.45) is 5.47. The number of furan rings is 1. The van der Waals surface area contributed by atoms with Crippen LogP contribution in [0.15, 0.2) is 47.2 Å². The Morgan fingerprint density at radius 3 is 3.00 bits per heavy atom. The summed E-state index contributed by atoms with van der Waals surface area (Å²) in [5, 5.41) is 15.8. The van der Waals surface area contributed by atoms with E-state index in [-0.39, 0.29) is 0 Å². The number of hydrogen-bond donors (Lipinski definition) is 0. The van der Waals surface area contributed by atoms with Crippen LogP contribution in [0.5, 0.6) is 0 Å². The van der Waals surface area contributed by atoms with Crippen LogP contribution in [0.1, 0.15) is 5.69 Å². The fourth-order valence-corrected chi connectivity index (χ4v) is 3.15. The average molecular weight is 320 g/mol. The minimum Gasteiger partial charge on any atom is -0.464 e. The third kappa shape index (κ3) is 2.17. The van der Waals surface area contributed by atoms with E-state index in [1.54, 1.807) is 30.3 Å². The van der Waals surface area contributed by atoms with Gasteiger partial charge >= 0.3 is 0 Å². The first kappa shape index (κ1) is 13.9. The predicted octanol–water partition coefficient (Wildman–Crippen LogP) is 4.04. The van der Waals surface area contributed by atoms with Crippen molar-refractivity contribution < 1.29 is 4.42 Å². The van der Waals surface area contributed by atoms with Crippen LogP contribution < -0.4 is 0 Å². The van der Waals surface area contributed by atoms with Gasteiger partial charge in [-0.05, 0) is 12.3 Å². The third-order valence-electron chi connectivity index (χ3n) is 3.74. The Balaban J connectivity index is 2.02. The molecule has 0 saturated heterocycles. The van der Waals surface area contributed by atoms with Gasteiger partial charge in [-0.3, -0.25) is 4.68 Å². The lowest BCUT2D eigenvalue weighted by Crippen LogP contribution is -1.96. The van der Waals surface area contributed by atoms with Gasteiger partial charge in [0.1, 0.15) is 29.3 Å². The topological polar surface area (TPSA) is 67.6 Å². The van der Waals surface area contributed by atoms with Gasteiger partial charge in [0.25, 0.3) is 0 Å². The molecule has 0 spiro atoms. The van der Waals surface area contributed by atoms with E-state index in [0.717, 1.165) is 33.1 Å². The minimum absolute atomic E-state index is 0.392. The number of benzene rings is 1. The number of thioether (sulfide) groups is 1. The van der Waals surface area contributed by atoms with Crippen molar-refractivity contribution in [3.8, 4) is 17.3 Å². The Morgan fingerprint density at radius 2 is 2.17 bits per heavy atom. The molecular formula is C17H12N4OS. The first-order valence-corrected chi connectivity index (χ1v) is 8.43. The van der Waals surface area contributed by atoms with Crippen molar-refractivity contribution in [2.24, 2.45) is 0 Å². The summed E-state index contributed by atoms with van der Waals surface area (Å²) in [6.45, 7) is 0.